The van der Waals surface area contributed by atoms with E-state index in [0.717, 1.165) is 0 Å². The van der Waals surface area contributed by atoms with Gasteiger partial charge in [0.2, 0.25) is 0 Å². The second-order valence-electron chi connectivity index (χ2n) is 7.77. The zero-order valence-electron chi connectivity index (χ0n) is 18.4. The second-order valence-corrected chi connectivity index (χ2v) is 11.1. The molecule has 0 aliphatic heterocycles. The number of aromatic amines is 1. The molecule has 0 spiro atoms. The molecule has 0 aliphatic carbocycles. The van der Waals surface area contributed by atoms with Gasteiger partial charge in [-0.05, 0) is 48.9 Å². The Labute approximate surface area is 206 Å². The lowest BCUT2D eigenvalue weighted by Crippen LogP contribution is -2.05. The van der Waals surface area contributed by atoms with Crippen LogP contribution in [0.25, 0.3) is 22.8 Å². The third kappa shape index (κ3) is 5.55. The molecule has 176 valence electrons. The lowest BCUT2D eigenvalue weighted by atomic mass is 10.1. The fourth-order valence-corrected chi connectivity index (χ4v) is 4.53. The lowest BCUT2D eigenvalue weighted by Gasteiger charge is -2.17. The Morgan fingerprint density at radius 3 is 2.56 bits per heavy atom. The number of hydrogen-bond donors (Lipinski definition) is 1. The number of hydrogen-bond acceptors (Lipinski definition) is 6. The Bertz CT molecular complexity index is 1480. The molecule has 7 nitrogen and oxygen atoms in total. The van der Waals surface area contributed by atoms with E-state index in [1.165, 1.54) is 37.2 Å². The van der Waals surface area contributed by atoms with Gasteiger partial charge in [0.1, 0.15) is 17.5 Å². The average molecular weight is 520 g/mol. The van der Waals surface area contributed by atoms with Crippen molar-refractivity contribution in [2.24, 2.45) is 4.36 Å². The van der Waals surface area contributed by atoms with E-state index in [1.54, 1.807) is 30.3 Å². The van der Waals surface area contributed by atoms with Crippen LogP contribution in [0.3, 0.4) is 0 Å². The highest BCUT2D eigenvalue weighted by Gasteiger charge is 2.17. The Hall–Kier alpha value is -3.01. The van der Waals surface area contributed by atoms with Gasteiger partial charge < -0.3 is 4.74 Å². The molecule has 0 amide bonds. The topological polar surface area (TPSA) is 93.1 Å². The van der Waals surface area contributed by atoms with Crippen molar-refractivity contribution in [1.82, 2.24) is 20.2 Å². The van der Waals surface area contributed by atoms with Crippen LogP contribution in [0.4, 0.5) is 10.2 Å². The first-order valence-electron chi connectivity index (χ1n) is 10.0. The molecule has 0 saturated carbocycles. The largest absolute Gasteiger partial charge is 0.486 e. The number of halogens is 3. The maximum Gasteiger partial charge on any atom is 0.161 e. The third-order valence-electron chi connectivity index (χ3n) is 4.75. The van der Waals surface area contributed by atoms with Crippen molar-refractivity contribution in [1.29, 1.82) is 0 Å². The minimum atomic E-state index is -2.33. The average Bonchev–Trinajstić information content (AvgIpc) is 3.17. The summed E-state index contributed by atoms with van der Waals surface area (Å²) in [6.07, 6.45) is 8.34. The van der Waals surface area contributed by atoms with Crippen LogP contribution in [0.15, 0.2) is 53.3 Å². The van der Waals surface area contributed by atoms with Crippen LogP contribution in [-0.2, 0) is 9.73 Å². The fraction of sp³-hybridized carbons (Fsp3) is 0.174. The molecule has 0 saturated heterocycles. The quantitative estimate of drug-likeness (QED) is 0.308. The van der Waals surface area contributed by atoms with Crippen molar-refractivity contribution in [3.63, 3.8) is 0 Å². The zero-order valence-corrected chi connectivity index (χ0v) is 20.7. The molecule has 1 atom stereocenters. The standard InChI is InChI=1S/C23H20Cl2FN5O2S/c1-13(22-17(24)11-27-12-18(22)25)33-15-5-6-20-16(9-15)23(30-29-20)19(26)8-14-4-7-21(28-10-14)31-34(2,3)32/h4-13H,1-3H3,(H,29,30)/b19-8-. The van der Waals surface area contributed by atoms with Crippen LogP contribution in [0.1, 0.15) is 29.8 Å². The van der Waals surface area contributed by atoms with Gasteiger partial charge >= 0.3 is 0 Å². The minimum Gasteiger partial charge on any atom is -0.486 e. The summed E-state index contributed by atoms with van der Waals surface area (Å²) >= 11 is 12.5. The fourth-order valence-electron chi connectivity index (χ4n) is 3.30. The summed E-state index contributed by atoms with van der Waals surface area (Å²) in [4.78, 5) is 8.07. The molecular weight excluding hydrogens is 500 g/mol. The third-order valence-corrected chi connectivity index (χ3v) is 5.98. The number of nitrogens with zero attached hydrogens (tertiary/aromatic N) is 4. The number of H-pyrrole nitrogens is 1. The van der Waals surface area contributed by atoms with Crippen molar-refractivity contribution in [3.8, 4) is 5.75 Å². The Balaban J connectivity index is 1.61. The highest BCUT2D eigenvalue weighted by atomic mass is 35.5. The maximum absolute atomic E-state index is 15.1. The van der Waals surface area contributed by atoms with E-state index in [9.17, 15) is 4.21 Å². The maximum atomic E-state index is 15.1. The molecule has 1 aromatic carbocycles. The van der Waals surface area contributed by atoms with Crippen molar-refractivity contribution in [2.45, 2.75) is 13.0 Å². The summed E-state index contributed by atoms with van der Waals surface area (Å²) < 4.78 is 37.0. The summed E-state index contributed by atoms with van der Waals surface area (Å²) in [5.74, 6) is 0.260. The number of pyridine rings is 2. The molecule has 1 N–H and O–H groups in total. The normalized spacial score (nSPS) is 13.2. The van der Waals surface area contributed by atoms with E-state index in [1.807, 2.05) is 6.92 Å². The molecule has 0 fully saturated rings. The van der Waals surface area contributed by atoms with E-state index < -0.39 is 21.7 Å². The number of rotatable bonds is 6. The molecule has 3 aromatic heterocycles. The molecule has 4 aromatic rings. The molecular formula is C23H20Cl2FN5O2S. The van der Waals surface area contributed by atoms with E-state index in [4.69, 9.17) is 27.9 Å². The summed E-state index contributed by atoms with van der Waals surface area (Å²) in [7, 11) is -2.33. The minimum absolute atomic E-state index is 0.131. The summed E-state index contributed by atoms with van der Waals surface area (Å²) in [6, 6.07) is 8.42. The second kappa shape index (κ2) is 9.69. The first-order valence-corrected chi connectivity index (χ1v) is 13.1. The summed E-state index contributed by atoms with van der Waals surface area (Å²) in [5.41, 5.74) is 1.90. The van der Waals surface area contributed by atoms with Gasteiger partial charge in [0.15, 0.2) is 11.6 Å². The van der Waals surface area contributed by atoms with E-state index >= 15 is 4.39 Å². The predicted molar refractivity (Wildman–Crippen MR) is 135 cm³/mol. The zero-order chi connectivity index (χ0) is 24.5. The van der Waals surface area contributed by atoms with Gasteiger partial charge in [-0.1, -0.05) is 23.2 Å². The molecule has 4 rings (SSSR count). The number of fused-ring (bicyclic) bond motifs is 1. The number of benzene rings is 1. The van der Waals surface area contributed by atoms with Crippen LogP contribution in [0.5, 0.6) is 5.75 Å². The van der Waals surface area contributed by atoms with Crippen molar-refractivity contribution in [3.05, 3.63) is 75.8 Å². The monoisotopic (exact) mass is 519 g/mol. The number of ether oxygens (including phenoxy) is 1. The van der Waals surface area contributed by atoms with Gasteiger partial charge in [-0.2, -0.15) is 9.46 Å². The van der Waals surface area contributed by atoms with Gasteiger partial charge in [-0.15, -0.1) is 0 Å². The first kappa shape index (κ1) is 24.1. The number of nitrogens with one attached hydrogen (secondary N) is 1. The van der Waals surface area contributed by atoms with Crippen LogP contribution in [-0.4, -0.2) is 36.9 Å². The van der Waals surface area contributed by atoms with Crippen LogP contribution in [0, 0.1) is 0 Å². The van der Waals surface area contributed by atoms with E-state index in [-0.39, 0.29) is 5.69 Å². The Morgan fingerprint density at radius 2 is 1.91 bits per heavy atom. The van der Waals surface area contributed by atoms with Gasteiger partial charge in [0.05, 0.1) is 15.6 Å². The molecule has 0 aliphatic rings. The highest BCUT2D eigenvalue weighted by molar-refractivity contribution is 7.92. The lowest BCUT2D eigenvalue weighted by molar-refractivity contribution is 0.227. The molecule has 3 heterocycles. The van der Waals surface area contributed by atoms with Crippen LogP contribution >= 0.6 is 23.2 Å². The molecule has 1 unspecified atom stereocenters. The van der Waals surface area contributed by atoms with Gasteiger partial charge in [-0.25, -0.2) is 13.6 Å². The number of aromatic nitrogens is 4. The summed E-state index contributed by atoms with van der Waals surface area (Å²) in [6.45, 7) is 1.81. The van der Waals surface area contributed by atoms with E-state index in [2.05, 4.69) is 24.5 Å². The van der Waals surface area contributed by atoms with Crippen molar-refractivity contribution in [2.75, 3.05) is 12.5 Å². The first-order chi connectivity index (χ1) is 16.1. The van der Waals surface area contributed by atoms with Crippen LogP contribution in [0.2, 0.25) is 10.0 Å². The van der Waals surface area contributed by atoms with Crippen LogP contribution < -0.4 is 4.74 Å². The summed E-state index contributed by atoms with van der Waals surface area (Å²) in [5, 5.41) is 8.27. The SMILES string of the molecule is CC(Oc1ccc2[nH]nc(/C(F)=C/c3ccc(N=S(C)(C)=O)nc3)c2c1)c1c(Cl)cncc1Cl. The predicted octanol–water partition coefficient (Wildman–Crippen LogP) is 6.63. The highest BCUT2D eigenvalue weighted by Crippen LogP contribution is 2.34. The van der Waals surface area contributed by atoms with Gasteiger partial charge in [0, 0.05) is 51.8 Å². The molecule has 0 radical (unpaired) electrons. The Kier molecular flexibility index (Phi) is 6.88. The van der Waals surface area contributed by atoms with Gasteiger partial charge in [0.25, 0.3) is 0 Å². The van der Waals surface area contributed by atoms with Gasteiger partial charge in [-0.3, -0.25) is 10.1 Å². The Morgan fingerprint density at radius 1 is 1.18 bits per heavy atom. The van der Waals surface area contributed by atoms with Crippen molar-refractivity contribution < 1.29 is 13.3 Å². The smallest absolute Gasteiger partial charge is 0.161 e. The molecule has 34 heavy (non-hydrogen) atoms. The molecule has 11 heteroatoms. The van der Waals surface area contributed by atoms with E-state index in [0.29, 0.717) is 43.6 Å². The molecule has 0 bridgehead atoms. The van der Waals surface area contributed by atoms with Crippen molar-refractivity contribution >= 4 is 61.6 Å².